The summed E-state index contributed by atoms with van der Waals surface area (Å²) < 4.78 is 7.53. The molecule has 1 atom stereocenters. The quantitative estimate of drug-likeness (QED) is 0.757. The van der Waals surface area contributed by atoms with Gasteiger partial charge in [-0.2, -0.15) is 5.10 Å². The number of rotatable bonds is 6. The molecule has 5 nitrogen and oxygen atoms in total. The molecule has 0 bridgehead atoms. The monoisotopic (exact) mass is 341 g/mol. The van der Waals surface area contributed by atoms with Crippen LogP contribution in [0.1, 0.15) is 41.5 Å². The molecule has 3 rings (SSSR count). The molecule has 0 spiro atoms. The van der Waals surface area contributed by atoms with Crippen molar-refractivity contribution < 1.29 is 9.53 Å². The molecule has 0 aliphatic carbocycles. The molecule has 134 valence electrons. The van der Waals surface area contributed by atoms with Crippen molar-refractivity contribution in [2.24, 2.45) is 5.92 Å². The fourth-order valence-corrected chi connectivity index (χ4v) is 3.37. The van der Waals surface area contributed by atoms with Gasteiger partial charge < -0.3 is 9.64 Å². The Bertz CT molecular complexity index is 721. The van der Waals surface area contributed by atoms with Gasteiger partial charge in [0, 0.05) is 36.9 Å². The fraction of sp³-hybridized carbons (Fsp3) is 0.500. The highest BCUT2D eigenvalue weighted by Gasteiger charge is 2.27. The standard InChI is InChI=1S/C20H27N3O2/c1-4-11-25-14-17-9-10-22(13-17)20(24)18-5-7-19(8-6-18)23-16(3)12-15(2)21-23/h5-8,12,17H,4,9-11,13-14H2,1-3H3/t17-/m0/s1. The Morgan fingerprint density at radius 1 is 1.28 bits per heavy atom. The largest absolute Gasteiger partial charge is 0.381 e. The van der Waals surface area contributed by atoms with Crippen molar-refractivity contribution in [3.8, 4) is 5.69 Å². The third-order valence-electron chi connectivity index (χ3n) is 4.64. The minimum Gasteiger partial charge on any atom is -0.381 e. The first-order valence-corrected chi connectivity index (χ1v) is 9.09. The molecule has 1 saturated heterocycles. The van der Waals surface area contributed by atoms with E-state index in [1.54, 1.807) is 0 Å². The van der Waals surface area contributed by atoms with Crippen molar-refractivity contribution in [2.45, 2.75) is 33.6 Å². The Kier molecular flexibility index (Phi) is 5.53. The Hall–Kier alpha value is -2.14. The van der Waals surface area contributed by atoms with Crippen LogP contribution in [-0.2, 0) is 4.74 Å². The number of hydrogen-bond acceptors (Lipinski definition) is 3. The lowest BCUT2D eigenvalue weighted by molar-refractivity contribution is 0.0754. The summed E-state index contributed by atoms with van der Waals surface area (Å²) in [6.45, 7) is 9.30. The molecule has 0 N–H and O–H groups in total. The number of ether oxygens (including phenoxy) is 1. The van der Waals surface area contributed by atoms with E-state index < -0.39 is 0 Å². The molecule has 5 heteroatoms. The molecule has 0 unspecified atom stereocenters. The predicted octanol–water partition coefficient (Wildman–Crippen LogP) is 3.38. The van der Waals surface area contributed by atoms with Gasteiger partial charge >= 0.3 is 0 Å². The molecule has 0 radical (unpaired) electrons. The molecule has 1 aliphatic heterocycles. The van der Waals surface area contributed by atoms with Crippen LogP contribution in [0.2, 0.25) is 0 Å². The summed E-state index contributed by atoms with van der Waals surface area (Å²) in [5.74, 6) is 0.572. The SMILES string of the molecule is CCCOC[C@H]1CCN(C(=O)c2ccc(-n3nc(C)cc3C)cc2)C1. The smallest absolute Gasteiger partial charge is 0.253 e. The van der Waals surface area contributed by atoms with E-state index in [9.17, 15) is 4.79 Å². The number of nitrogens with zero attached hydrogens (tertiary/aromatic N) is 3. The van der Waals surface area contributed by atoms with Crippen LogP contribution in [0.15, 0.2) is 30.3 Å². The number of likely N-dealkylation sites (tertiary alicyclic amines) is 1. The van der Waals surface area contributed by atoms with Gasteiger partial charge in [-0.25, -0.2) is 4.68 Å². The molecule has 2 aromatic rings. The molecule has 0 saturated carbocycles. The average Bonchev–Trinajstić information content (AvgIpc) is 3.21. The summed E-state index contributed by atoms with van der Waals surface area (Å²) in [5.41, 5.74) is 3.80. The molecular formula is C20H27N3O2. The van der Waals surface area contributed by atoms with Crippen molar-refractivity contribution in [2.75, 3.05) is 26.3 Å². The molecule has 1 aromatic heterocycles. The first kappa shape index (κ1) is 17.7. The molecule has 2 heterocycles. The number of carbonyl (C=O) groups is 1. The first-order valence-electron chi connectivity index (χ1n) is 9.09. The van der Waals surface area contributed by atoms with E-state index in [0.717, 1.165) is 61.8 Å². The molecule has 25 heavy (non-hydrogen) atoms. The van der Waals surface area contributed by atoms with E-state index in [2.05, 4.69) is 12.0 Å². The number of aromatic nitrogens is 2. The third-order valence-corrected chi connectivity index (χ3v) is 4.64. The molecule has 1 amide bonds. The van der Waals surface area contributed by atoms with E-state index in [-0.39, 0.29) is 5.91 Å². The zero-order valence-corrected chi connectivity index (χ0v) is 15.4. The summed E-state index contributed by atoms with van der Waals surface area (Å²) in [7, 11) is 0. The van der Waals surface area contributed by atoms with Crippen molar-refractivity contribution in [1.82, 2.24) is 14.7 Å². The molecule has 1 aliphatic rings. The first-order chi connectivity index (χ1) is 12.1. The molecular weight excluding hydrogens is 314 g/mol. The molecule has 1 aromatic carbocycles. The van der Waals surface area contributed by atoms with Crippen LogP contribution in [0.25, 0.3) is 5.69 Å². The summed E-state index contributed by atoms with van der Waals surface area (Å²) >= 11 is 0. The number of amides is 1. The van der Waals surface area contributed by atoms with Crippen LogP contribution in [0, 0.1) is 19.8 Å². The number of benzene rings is 1. The van der Waals surface area contributed by atoms with Gasteiger partial charge in [-0.3, -0.25) is 4.79 Å². The summed E-state index contributed by atoms with van der Waals surface area (Å²) in [4.78, 5) is 14.6. The zero-order valence-electron chi connectivity index (χ0n) is 15.4. The Balaban J connectivity index is 1.62. The van der Waals surface area contributed by atoms with E-state index in [1.165, 1.54) is 0 Å². The van der Waals surface area contributed by atoms with Gasteiger partial charge in [0.25, 0.3) is 5.91 Å². The number of aryl methyl sites for hydroxylation is 2. The summed E-state index contributed by atoms with van der Waals surface area (Å²) in [6.07, 6.45) is 2.07. The van der Waals surface area contributed by atoms with E-state index in [4.69, 9.17) is 4.74 Å². The fourth-order valence-electron chi connectivity index (χ4n) is 3.37. The maximum atomic E-state index is 12.7. The van der Waals surface area contributed by atoms with Crippen molar-refractivity contribution >= 4 is 5.91 Å². The van der Waals surface area contributed by atoms with Gasteiger partial charge in [0.1, 0.15) is 0 Å². The van der Waals surface area contributed by atoms with Crippen LogP contribution in [0.4, 0.5) is 0 Å². The van der Waals surface area contributed by atoms with Crippen molar-refractivity contribution in [3.05, 3.63) is 47.3 Å². The summed E-state index contributed by atoms with van der Waals surface area (Å²) in [6, 6.07) is 9.77. The maximum Gasteiger partial charge on any atom is 0.253 e. The highest BCUT2D eigenvalue weighted by molar-refractivity contribution is 5.94. The average molecular weight is 341 g/mol. The van der Waals surface area contributed by atoms with Crippen molar-refractivity contribution in [1.29, 1.82) is 0 Å². The topological polar surface area (TPSA) is 47.4 Å². The van der Waals surface area contributed by atoms with E-state index >= 15 is 0 Å². The van der Waals surface area contributed by atoms with Crippen LogP contribution in [0.5, 0.6) is 0 Å². The second-order valence-electron chi connectivity index (χ2n) is 6.87. The van der Waals surface area contributed by atoms with Crippen LogP contribution in [0.3, 0.4) is 0 Å². The Morgan fingerprint density at radius 3 is 2.68 bits per heavy atom. The normalized spacial score (nSPS) is 17.2. The Morgan fingerprint density at radius 2 is 2.04 bits per heavy atom. The van der Waals surface area contributed by atoms with Crippen LogP contribution in [-0.4, -0.2) is 46.9 Å². The Labute approximate surface area is 149 Å². The lowest BCUT2D eigenvalue weighted by atomic mass is 10.1. The van der Waals surface area contributed by atoms with Crippen LogP contribution < -0.4 is 0 Å². The maximum absolute atomic E-state index is 12.7. The number of carbonyl (C=O) groups excluding carboxylic acids is 1. The lowest BCUT2D eigenvalue weighted by Gasteiger charge is -2.17. The van der Waals surface area contributed by atoms with E-state index in [1.807, 2.05) is 53.8 Å². The third kappa shape index (κ3) is 4.10. The van der Waals surface area contributed by atoms with Gasteiger partial charge in [-0.15, -0.1) is 0 Å². The molecule has 1 fully saturated rings. The van der Waals surface area contributed by atoms with Gasteiger partial charge in [-0.1, -0.05) is 6.92 Å². The second kappa shape index (κ2) is 7.83. The minimum atomic E-state index is 0.109. The van der Waals surface area contributed by atoms with Gasteiger partial charge in [0.2, 0.25) is 0 Å². The minimum absolute atomic E-state index is 0.109. The van der Waals surface area contributed by atoms with Gasteiger partial charge in [0.05, 0.1) is 18.0 Å². The van der Waals surface area contributed by atoms with E-state index in [0.29, 0.717) is 5.92 Å². The van der Waals surface area contributed by atoms with Gasteiger partial charge in [0.15, 0.2) is 0 Å². The highest BCUT2D eigenvalue weighted by Crippen LogP contribution is 2.20. The summed E-state index contributed by atoms with van der Waals surface area (Å²) in [5, 5.41) is 4.49. The van der Waals surface area contributed by atoms with Crippen molar-refractivity contribution in [3.63, 3.8) is 0 Å². The highest BCUT2D eigenvalue weighted by atomic mass is 16.5. The lowest BCUT2D eigenvalue weighted by Crippen LogP contribution is -2.29. The number of hydrogen-bond donors (Lipinski definition) is 0. The zero-order chi connectivity index (χ0) is 17.8. The van der Waals surface area contributed by atoms with Crippen LogP contribution >= 0.6 is 0 Å². The van der Waals surface area contributed by atoms with Gasteiger partial charge in [-0.05, 0) is 57.0 Å². The second-order valence-corrected chi connectivity index (χ2v) is 6.87. The predicted molar refractivity (Wildman–Crippen MR) is 98.2 cm³/mol.